The lowest BCUT2D eigenvalue weighted by atomic mass is 10.3. The van der Waals surface area contributed by atoms with Crippen LogP contribution in [-0.2, 0) is 7.05 Å². The number of hydrogen-bond donors (Lipinski definition) is 1. The minimum Gasteiger partial charge on any atom is -0.506 e. The van der Waals surface area contributed by atoms with E-state index in [0.717, 1.165) is 11.3 Å². The van der Waals surface area contributed by atoms with Crippen LogP contribution in [0.1, 0.15) is 0 Å². The molecule has 1 N–H and O–H groups in total. The molecule has 0 bridgehead atoms. The molecule has 2 aromatic rings. The van der Waals surface area contributed by atoms with Gasteiger partial charge in [-0.15, -0.1) is 0 Å². The van der Waals surface area contributed by atoms with E-state index in [1.54, 1.807) is 13.1 Å². The van der Waals surface area contributed by atoms with Gasteiger partial charge in [0, 0.05) is 7.05 Å². The van der Waals surface area contributed by atoms with Crippen LogP contribution in [0, 0.1) is 0 Å². The molecular weight excluding hydrogens is 210 g/mol. The fourth-order valence-electron chi connectivity index (χ4n) is 1.20. The van der Waals surface area contributed by atoms with Crippen molar-refractivity contribution in [2.45, 2.75) is 0 Å². The van der Waals surface area contributed by atoms with Crippen LogP contribution in [0.25, 0.3) is 10.2 Å². The Bertz CT molecular complexity index is 529. The van der Waals surface area contributed by atoms with Crippen molar-refractivity contribution in [1.82, 2.24) is 4.57 Å². The lowest BCUT2D eigenvalue weighted by Gasteiger charge is -1.98. The van der Waals surface area contributed by atoms with Crippen molar-refractivity contribution < 1.29 is 5.11 Å². The van der Waals surface area contributed by atoms with Gasteiger partial charge in [-0.3, -0.25) is 4.79 Å². The maximum atomic E-state index is 11.3. The van der Waals surface area contributed by atoms with E-state index in [1.165, 1.54) is 10.6 Å². The molecular formula is C8H6ClNO2S. The van der Waals surface area contributed by atoms with Gasteiger partial charge in [-0.1, -0.05) is 22.9 Å². The van der Waals surface area contributed by atoms with Crippen molar-refractivity contribution in [3.8, 4) is 5.75 Å². The van der Waals surface area contributed by atoms with E-state index in [1.807, 2.05) is 0 Å². The number of hydrogen-bond acceptors (Lipinski definition) is 3. The minimum absolute atomic E-state index is 0.0992. The van der Waals surface area contributed by atoms with E-state index in [2.05, 4.69) is 0 Å². The molecule has 1 aromatic heterocycles. The lowest BCUT2D eigenvalue weighted by Crippen LogP contribution is -2.06. The van der Waals surface area contributed by atoms with Gasteiger partial charge >= 0.3 is 4.87 Å². The first-order chi connectivity index (χ1) is 6.11. The Morgan fingerprint density at radius 1 is 1.54 bits per heavy atom. The standard InChI is InChI=1S/C8H6ClNO2S/c1-10-6-4(9)2-3-5(11)7(6)13-8(10)12/h2-3,11H,1H3. The van der Waals surface area contributed by atoms with E-state index >= 15 is 0 Å². The van der Waals surface area contributed by atoms with Crippen LogP contribution in [0.15, 0.2) is 16.9 Å². The second-order valence-corrected chi connectivity index (χ2v) is 4.04. The summed E-state index contributed by atoms with van der Waals surface area (Å²) < 4.78 is 1.97. The molecule has 0 fully saturated rings. The second kappa shape index (κ2) is 2.75. The first-order valence-corrected chi connectivity index (χ1v) is 4.77. The molecule has 1 aromatic carbocycles. The second-order valence-electron chi connectivity index (χ2n) is 2.67. The Morgan fingerprint density at radius 3 is 2.85 bits per heavy atom. The smallest absolute Gasteiger partial charge is 0.308 e. The number of aromatic nitrogens is 1. The summed E-state index contributed by atoms with van der Waals surface area (Å²) >= 11 is 6.88. The average molecular weight is 216 g/mol. The molecule has 13 heavy (non-hydrogen) atoms. The number of aryl methyl sites for hydroxylation is 1. The van der Waals surface area contributed by atoms with Crippen molar-refractivity contribution in [2.75, 3.05) is 0 Å². The predicted octanol–water partition coefficient (Wildman–Crippen LogP) is 1.96. The van der Waals surface area contributed by atoms with Crippen molar-refractivity contribution >= 4 is 33.2 Å². The van der Waals surface area contributed by atoms with Crippen LogP contribution in [0.3, 0.4) is 0 Å². The molecule has 0 amide bonds. The maximum absolute atomic E-state index is 11.3. The third-order valence-corrected chi connectivity index (χ3v) is 3.22. The van der Waals surface area contributed by atoms with Gasteiger partial charge in [-0.25, -0.2) is 0 Å². The van der Waals surface area contributed by atoms with Crippen LogP contribution in [0.5, 0.6) is 5.75 Å². The molecule has 0 aliphatic carbocycles. The Kier molecular flexibility index (Phi) is 1.82. The summed E-state index contributed by atoms with van der Waals surface area (Å²) in [6.07, 6.45) is 0. The molecule has 3 nitrogen and oxygen atoms in total. The Labute approximate surface area is 82.8 Å². The van der Waals surface area contributed by atoms with E-state index < -0.39 is 0 Å². The molecule has 0 saturated heterocycles. The number of nitrogens with zero attached hydrogens (tertiary/aromatic N) is 1. The lowest BCUT2D eigenvalue weighted by molar-refractivity contribution is 0.482. The van der Waals surface area contributed by atoms with Gasteiger partial charge in [0.15, 0.2) is 0 Å². The van der Waals surface area contributed by atoms with Gasteiger partial charge in [0.1, 0.15) is 5.75 Å². The third-order valence-electron chi connectivity index (χ3n) is 1.86. The number of phenols is 1. The van der Waals surface area contributed by atoms with E-state index in [9.17, 15) is 9.90 Å². The topological polar surface area (TPSA) is 42.2 Å². The monoisotopic (exact) mass is 215 g/mol. The number of fused-ring (bicyclic) bond motifs is 1. The molecule has 0 unspecified atom stereocenters. The van der Waals surface area contributed by atoms with Crippen LogP contribution in [-0.4, -0.2) is 9.67 Å². The Hall–Kier alpha value is -1.00. The normalized spacial score (nSPS) is 10.9. The van der Waals surface area contributed by atoms with E-state index in [0.29, 0.717) is 15.2 Å². The van der Waals surface area contributed by atoms with E-state index in [4.69, 9.17) is 11.6 Å². The molecule has 0 spiro atoms. The summed E-state index contributed by atoms with van der Waals surface area (Å²) in [6, 6.07) is 3.06. The highest BCUT2D eigenvalue weighted by atomic mass is 35.5. The van der Waals surface area contributed by atoms with Crippen LogP contribution >= 0.6 is 22.9 Å². The van der Waals surface area contributed by atoms with Crippen molar-refractivity contribution in [3.05, 3.63) is 26.8 Å². The number of phenolic OH excluding ortho intramolecular Hbond substituents is 1. The van der Waals surface area contributed by atoms with Crippen LogP contribution < -0.4 is 4.87 Å². The van der Waals surface area contributed by atoms with Gasteiger partial charge in [0.2, 0.25) is 0 Å². The van der Waals surface area contributed by atoms with E-state index in [-0.39, 0.29) is 10.6 Å². The molecule has 5 heteroatoms. The summed E-state index contributed by atoms with van der Waals surface area (Å²) in [5.41, 5.74) is 0.594. The summed E-state index contributed by atoms with van der Waals surface area (Å²) in [4.78, 5) is 11.1. The zero-order valence-electron chi connectivity index (χ0n) is 6.74. The highest BCUT2D eigenvalue weighted by Crippen LogP contribution is 2.31. The largest absolute Gasteiger partial charge is 0.506 e. The highest BCUT2D eigenvalue weighted by molar-refractivity contribution is 7.17. The van der Waals surface area contributed by atoms with Gasteiger partial charge in [-0.2, -0.15) is 0 Å². The van der Waals surface area contributed by atoms with Crippen molar-refractivity contribution in [3.63, 3.8) is 0 Å². The number of aromatic hydroxyl groups is 1. The predicted molar refractivity (Wildman–Crippen MR) is 53.7 cm³/mol. The molecule has 0 aliphatic rings. The summed E-state index contributed by atoms with van der Waals surface area (Å²) in [5.74, 6) is 0.0992. The Balaban J connectivity index is 3.09. The highest BCUT2D eigenvalue weighted by Gasteiger charge is 2.10. The number of rotatable bonds is 0. The first kappa shape index (κ1) is 8.59. The van der Waals surface area contributed by atoms with Gasteiger partial charge in [-0.05, 0) is 12.1 Å². The van der Waals surface area contributed by atoms with Gasteiger partial charge in [0.05, 0.1) is 15.2 Å². The SMILES string of the molecule is Cn1c(=O)sc2c(O)ccc(Cl)c21. The summed E-state index contributed by atoms with van der Waals surface area (Å²) in [6.45, 7) is 0. The fourth-order valence-corrected chi connectivity index (χ4v) is 2.46. The summed E-state index contributed by atoms with van der Waals surface area (Å²) in [5, 5.41) is 9.91. The van der Waals surface area contributed by atoms with Crippen molar-refractivity contribution in [2.24, 2.45) is 7.05 Å². The van der Waals surface area contributed by atoms with Crippen LogP contribution in [0.4, 0.5) is 0 Å². The molecule has 0 aliphatic heterocycles. The average Bonchev–Trinajstić information content (AvgIpc) is 2.38. The molecule has 1 heterocycles. The molecule has 0 saturated carbocycles. The quantitative estimate of drug-likeness (QED) is 0.730. The number of halogens is 1. The molecule has 0 atom stereocenters. The third kappa shape index (κ3) is 1.14. The minimum atomic E-state index is -0.126. The number of thiazole rings is 1. The fraction of sp³-hybridized carbons (Fsp3) is 0.125. The Morgan fingerprint density at radius 2 is 2.23 bits per heavy atom. The zero-order valence-corrected chi connectivity index (χ0v) is 8.32. The number of benzene rings is 1. The van der Waals surface area contributed by atoms with Gasteiger partial charge in [0.25, 0.3) is 0 Å². The zero-order chi connectivity index (χ0) is 9.59. The summed E-state index contributed by atoms with van der Waals surface area (Å²) in [7, 11) is 1.63. The maximum Gasteiger partial charge on any atom is 0.308 e. The molecule has 68 valence electrons. The molecule has 0 radical (unpaired) electrons. The first-order valence-electron chi connectivity index (χ1n) is 3.58. The van der Waals surface area contributed by atoms with Crippen molar-refractivity contribution in [1.29, 1.82) is 0 Å². The van der Waals surface area contributed by atoms with Gasteiger partial charge < -0.3 is 9.67 Å². The molecule has 2 rings (SSSR count). The van der Waals surface area contributed by atoms with Crippen LogP contribution in [0.2, 0.25) is 5.02 Å².